The summed E-state index contributed by atoms with van der Waals surface area (Å²) in [5.41, 5.74) is 6.17. The molecule has 6 nitrogen and oxygen atoms in total. The van der Waals surface area contributed by atoms with Gasteiger partial charge in [-0.3, -0.25) is 20.4 Å². The normalized spacial score (nSPS) is 10.2. The Hall–Kier alpha value is -3.51. The summed E-state index contributed by atoms with van der Waals surface area (Å²) < 4.78 is 11.1. The molecular formula is C23H21ClN2O4. The zero-order valence-electron chi connectivity index (χ0n) is 16.1. The van der Waals surface area contributed by atoms with Gasteiger partial charge in [0, 0.05) is 11.4 Å². The van der Waals surface area contributed by atoms with Gasteiger partial charge >= 0.3 is 0 Å². The Morgan fingerprint density at radius 1 is 0.800 bits per heavy atom. The first kappa shape index (κ1) is 21.2. The summed E-state index contributed by atoms with van der Waals surface area (Å²) in [6.45, 7) is 0.173. The Labute approximate surface area is 179 Å². The monoisotopic (exact) mass is 424 g/mol. The quantitative estimate of drug-likeness (QED) is 0.539. The predicted octanol–water partition coefficient (Wildman–Crippen LogP) is 3.80. The molecule has 2 amide bonds. The van der Waals surface area contributed by atoms with Gasteiger partial charge in [0.05, 0.1) is 12.2 Å². The van der Waals surface area contributed by atoms with Gasteiger partial charge in [-0.05, 0) is 42.0 Å². The first-order valence-electron chi connectivity index (χ1n) is 9.35. The molecule has 0 aliphatic carbocycles. The number of hydrogen-bond donors (Lipinski definition) is 2. The number of amides is 2. The number of para-hydroxylation sites is 1. The lowest BCUT2D eigenvalue weighted by Gasteiger charge is -2.12. The maximum Gasteiger partial charge on any atom is 0.276 e. The van der Waals surface area contributed by atoms with E-state index in [9.17, 15) is 9.59 Å². The number of halogens is 1. The SMILES string of the molecule is O=C(COc1ccc(Cl)cc1)NNC(=O)c1ccccc1OCCc1ccccc1. The molecule has 0 saturated heterocycles. The summed E-state index contributed by atoms with van der Waals surface area (Å²) >= 11 is 5.80. The molecule has 0 saturated carbocycles. The smallest absolute Gasteiger partial charge is 0.276 e. The molecule has 154 valence electrons. The number of ether oxygens (including phenoxy) is 2. The molecule has 0 unspecified atom stereocenters. The van der Waals surface area contributed by atoms with Crippen molar-refractivity contribution in [2.75, 3.05) is 13.2 Å². The fourth-order valence-corrected chi connectivity index (χ4v) is 2.74. The van der Waals surface area contributed by atoms with Crippen molar-refractivity contribution >= 4 is 23.4 Å². The van der Waals surface area contributed by atoms with Crippen LogP contribution < -0.4 is 20.3 Å². The lowest BCUT2D eigenvalue weighted by Crippen LogP contribution is -2.43. The molecule has 30 heavy (non-hydrogen) atoms. The van der Waals surface area contributed by atoms with Crippen LogP contribution in [0.5, 0.6) is 11.5 Å². The molecule has 0 heterocycles. The first-order valence-corrected chi connectivity index (χ1v) is 9.73. The first-order chi connectivity index (χ1) is 14.6. The third-order valence-electron chi connectivity index (χ3n) is 4.12. The van der Waals surface area contributed by atoms with Crippen LogP contribution in [-0.4, -0.2) is 25.0 Å². The molecule has 0 fully saturated rings. The Morgan fingerprint density at radius 2 is 1.50 bits per heavy atom. The standard InChI is InChI=1S/C23H21ClN2O4/c24-18-10-12-19(13-11-18)30-16-22(27)25-26-23(28)20-8-4-5-9-21(20)29-15-14-17-6-2-1-3-7-17/h1-13H,14-16H2,(H,25,27)(H,26,28). The van der Waals surface area contributed by atoms with Gasteiger partial charge in [0.25, 0.3) is 11.8 Å². The van der Waals surface area contributed by atoms with E-state index in [-0.39, 0.29) is 6.61 Å². The van der Waals surface area contributed by atoms with Crippen LogP contribution in [0.25, 0.3) is 0 Å². The van der Waals surface area contributed by atoms with Gasteiger partial charge in [-0.15, -0.1) is 0 Å². The Morgan fingerprint density at radius 3 is 2.27 bits per heavy atom. The van der Waals surface area contributed by atoms with E-state index in [0.717, 1.165) is 12.0 Å². The van der Waals surface area contributed by atoms with Crippen LogP contribution >= 0.6 is 11.6 Å². The highest BCUT2D eigenvalue weighted by Crippen LogP contribution is 2.18. The fourth-order valence-electron chi connectivity index (χ4n) is 2.61. The largest absolute Gasteiger partial charge is 0.492 e. The zero-order valence-corrected chi connectivity index (χ0v) is 16.9. The molecule has 0 aliphatic heterocycles. The minimum absolute atomic E-state index is 0.253. The molecule has 7 heteroatoms. The van der Waals surface area contributed by atoms with Crippen molar-refractivity contribution in [3.05, 3.63) is 95.0 Å². The maximum absolute atomic E-state index is 12.5. The summed E-state index contributed by atoms with van der Waals surface area (Å²) in [7, 11) is 0. The number of carbonyl (C=O) groups is 2. The zero-order chi connectivity index (χ0) is 21.2. The van der Waals surface area contributed by atoms with Crippen molar-refractivity contribution in [3.8, 4) is 11.5 Å². The second kappa shape index (κ2) is 10.9. The Bertz CT molecular complexity index is 978. The summed E-state index contributed by atoms with van der Waals surface area (Å²) in [5.74, 6) is -0.0402. The van der Waals surface area contributed by atoms with Crippen LogP contribution in [0.15, 0.2) is 78.9 Å². The second-order valence-corrected chi connectivity index (χ2v) is 6.76. The van der Waals surface area contributed by atoms with E-state index in [1.165, 1.54) is 0 Å². The van der Waals surface area contributed by atoms with Crippen molar-refractivity contribution in [3.63, 3.8) is 0 Å². The highest BCUT2D eigenvalue weighted by molar-refractivity contribution is 6.30. The highest BCUT2D eigenvalue weighted by Gasteiger charge is 2.13. The van der Waals surface area contributed by atoms with E-state index in [2.05, 4.69) is 10.9 Å². The van der Waals surface area contributed by atoms with Crippen LogP contribution in [0.1, 0.15) is 15.9 Å². The van der Waals surface area contributed by atoms with Crippen molar-refractivity contribution in [2.24, 2.45) is 0 Å². The van der Waals surface area contributed by atoms with Crippen LogP contribution in [0.4, 0.5) is 0 Å². The van der Waals surface area contributed by atoms with E-state index in [1.54, 1.807) is 48.5 Å². The second-order valence-electron chi connectivity index (χ2n) is 6.33. The van der Waals surface area contributed by atoms with Crippen molar-refractivity contribution in [2.45, 2.75) is 6.42 Å². The molecular weight excluding hydrogens is 404 g/mol. The van der Waals surface area contributed by atoms with E-state index in [1.807, 2.05) is 30.3 Å². The molecule has 3 aromatic rings. The van der Waals surface area contributed by atoms with Gasteiger partial charge in [0.15, 0.2) is 6.61 Å². The predicted molar refractivity (Wildman–Crippen MR) is 115 cm³/mol. The molecule has 3 rings (SSSR count). The Kier molecular flexibility index (Phi) is 7.69. The average molecular weight is 425 g/mol. The molecule has 0 aliphatic rings. The van der Waals surface area contributed by atoms with Crippen molar-refractivity contribution < 1.29 is 19.1 Å². The van der Waals surface area contributed by atoms with E-state index in [4.69, 9.17) is 21.1 Å². The van der Waals surface area contributed by atoms with Crippen LogP contribution in [0.2, 0.25) is 5.02 Å². The molecule has 0 aromatic heterocycles. The minimum atomic E-state index is -0.499. The topological polar surface area (TPSA) is 76.7 Å². The van der Waals surface area contributed by atoms with Gasteiger partial charge in [0.1, 0.15) is 11.5 Å². The molecule has 0 radical (unpaired) electrons. The number of benzene rings is 3. The summed E-state index contributed by atoms with van der Waals surface area (Å²) in [4.78, 5) is 24.4. The Balaban J connectivity index is 1.47. The van der Waals surface area contributed by atoms with Gasteiger partial charge in [-0.1, -0.05) is 54.1 Å². The summed E-state index contributed by atoms with van der Waals surface area (Å²) in [6.07, 6.45) is 0.718. The summed E-state index contributed by atoms with van der Waals surface area (Å²) in [6, 6.07) is 23.4. The van der Waals surface area contributed by atoms with E-state index >= 15 is 0 Å². The number of hydrogen-bond acceptors (Lipinski definition) is 4. The van der Waals surface area contributed by atoms with Gasteiger partial charge in [-0.25, -0.2) is 0 Å². The highest BCUT2D eigenvalue weighted by atomic mass is 35.5. The average Bonchev–Trinajstić information content (AvgIpc) is 2.78. The third kappa shape index (κ3) is 6.53. The van der Waals surface area contributed by atoms with E-state index < -0.39 is 11.8 Å². The van der Waals surface area contributed by atoms with E-state index in [0.29, 0.717) is 28.7 Å². The van der Waals surface area contributed by atoms with Crippen molar-refractivity contribution in [1.29, 1.82) is 0 Å². The van der Waals surface area contributed by atoms with Crippen LogP contribution in [-0.2, 0) is 11.2 Å². The lowest BCUT2D eigenvalue weighted by atomic mass is 10.1. The number of carbonyl (C=O) groups excluding carboxylic acids is 2. The minimum Gasteiger partial charge on any atom is -0.492 e. The maximum atomic E-state index is 12.5. The molecule has 0 atom stereocenters. The van der Waals surface area contributed by atoms with Gasteiger partial charge in [0.2, 0.25) is 0 Å². The lowest BCUT2D eigenvalue weighted by molar-refractivity contribution is -0.123. The molecule has 0 spiro atoms. The third-order valence-corrected chi connectivity index (χ3v) is 4.37. The van der Waals surface area contributed by atoms with Crippen LogP contribution in [0, 0.1) is 0 Å². The van der Waals surface area contributed by atoms with Crippen molar-refractivity contribution in [1.82, 2.24) is 10.9 Å². The van der Waals surface area contributed by atoms with Gasteiger partial charge in [-0.2, -0.15) is 0 Å². The fraction of sp³-hybridized carbons (Fsp3) is 0.130. The summed E-state index contributed by atoms with van der Waals surface area (Å²) in [5, 5.41) is 0.573. The number of hydrazine groups is 1. The van der Waals surface area contributed by atoms with Gasteiger partial charge < -0.3 is 9.47 Å². The molecule has 3 aromatic carbocycles. The number of rotatable bonds is 8. The number of nitrogens with one attached hydrogen (secondary N) is 2. The molecule has 0 bridgehead atoms. The van der Waals surface area contributed by atoms with Crippen LogP contribution in [0.3, 0.4) is 0 Å². The molecule has 2 N–H and O–H groups in total.